The lowest BCUT2D eigenvalue weighted by Gasteiger charge is -2.08. The number of rotatable bonds is 3. The van der Waals surface area contributed by atoms with Gasteiger partial charge >= 0.3 is 0 Å². The molecule has 1 aliphatic rings. The van der Waals surface area contributed by atoms with Gasteiger partial charge in [-0.15, -0.1) is 0 Å². The fourth-order valence-corrected chi connectivity index (χ4v) is 2.79. The molecule has 1 atom stereocenters. The standard InChI is InChI=1S/C15H17N3/c16-9-11-3-6-15-14(8-11)12(10-18-15)4-5-13-2-1-7-17-13/h3,6,8,10,13,17-18H,1-2,4-5,7H2. The molecule has 1 saturated heterocycles. The Morgan fingerprint density at radius 3 is 3.11 bits per heavy atom. The summed E-state index contributed by atoms with van der Waals surface area (Å²) in [4.78, 5) is 3.29. The molecule has 3 rings (SSSR count). The summed E-state index contributed by atoms with van der Waals surface area (Å²) >= 11 is 0. The lowest BCUT2D eigenvalue weighted by atomic mass is 10.0. The van der Waals surface area contributed by atoms with E-state index in [1.807, 2.05) is 18.2 Å². The van der Waals surface area contributed by atoms with E-state index in [9.17, 15) is 0 Å². The monoisotopic (exact) mass is 239 g/mol. The van der Waals surface area contributed by atoms with Gasteiger partial charge in [0.1, 0.15) is 0 Å². The highest BCUT2D eigenvalue weighted by Crippen LogP contribution is 2.22. The average Bonchev–Trinajstić information content (AvgIpc) is 3.05. The molecule has 1 aromatic heterocycles. The smallest absolute Gasteiger partial charge is 0.0991 e. The molecule has 1 aliphatic heterocycles. The van der Waals surface area contributed by atoms with Gasteiger partial charge in [0.25, 0.3) is 0 Å². The van der Waals surface area contributed by atoms with E-state index in [0.29, 0.717) is 6.04 Å². The second kappa shape index (κ2) is 4.83. The van der Waals surface area contributed by atoms with Crippen molar-refractivity contribution < 1.29 is 0 Å². The molecule has 2 N–H and O–H groups in total. The minimum absolute atomic E-state index is 0.675. The first-order chi connectivity index (χ1) is 8.86. The fourth-order valence-electron chi connectivity index (χ4n) is 2.79. The number of hydrogen-bond acceptors (Lipinski definition) is 2. The third-order valence-corrected chi connectivity index (χ3v) is 3.82. The maximum atomic E-state index is 8.96. The molecule has 0 spiro atoms. The summed E-state index contributed by atoms with van der Waals surface area (Å²) in [6.07, 6.45) is 6.94. The summed E-state index contributed by atoms with van der Waals surface area (Å²) in [7, 11) is 0. The van der Waals surface area contributed by atoms with Crippen molar-refractivity contribution in [2.24, 2.45) is 0 Å². The molecule has 0 aliphatic carbocycles. The van der Waals surface area contributed by atoms with Gasteiger partial charge in [0.05, 0.1) is 11.6 Å². The number of benzene rings is 1. The largest absolute Gasteiger partial charge is 0.361 e. The van der Waals surface area contributed by atoms with Crippen LogP contribution in [0, 0.1) is 11.3 Å². The van der Waals surface area contributed by atoms with Crippen LogP contribution in [0.2, 0.25) is 0 Å². The number of aryl methyl sites for hydroxylation is 1. The van der Waals surface area contributed by atoms with E-state index in [0.717, 1.165) is 24.0 Å². The molecule has 92 valence electrons. The maximum Gasteiger partial charge on any atom is 0.0991 e. The van der Waals surface area contributed by atoms with Crippen LogP contribution >= 0.6 is 0 Å². The van der Waals surface area contributed by atoms with E-state index >= 15 is 0 Å². The van der Waals surface area contributed by atoms with Gasteiger partial charge in [0.2, 0.25) is 0 Å². The lowest BCUT2D eigenvalue weighted by Crippen LogP contribution is -2.21. The second-order valence-electron chi connectivity index (χ2n) is 5.02. The Balaban J connectivity index is 1.80. The fraction of sp³-hybridized carbons (Fsp3) is 0.400. The number of aromatic nitrogens is 1. The topological polar surface area (TPSA) is 51.6 Å². The predicted octanol–water partition coefficient (Wildman–Crippen LogP) is 2.72. The van der Waals surface area contributed by atoms with Gasteiger partial charge < -0.3 is 10.3 Å². The van der Waals surface area contributed by atoms with Gasteiger partial charge in [0, 0.05) is 23.1 Å². The zero-order chi connectivity index (χ0) is 12.4. The van der Waals surface area contributed by atoms with Gasteiger partial charge in [-0.2, -0.15) is 5.26 Å². The van der Waals surface area contributed by atoms with Crippen LogP contribution in [0.25, 0.3) is 10.9 Å². The molecule has 1 aromatic carbocycles. The van der Waals surface area contributed by atoms with Crippen molar-refractivity contribution in [1.82, 2.24) is 10.3 Å². The second-order valence-corrected chi connectivity index (χ2v) is 5.02. The van der Waals surface area contributed by atoms with Crippen molar-refractivity contribution in [2.75, 3.05) is 6.54 Å². The molecule has 0 bridgehead atoms. The van der Waals surface area contributed by atoms with Crippen molar-refractivity contribution in [1.29, 1.82) is 5.26 Å². The first kappa shape index (κ1) is 11.3. The molecule has 0 saturated carbocycles. The number of nitrogens with one attached hydrogen (secondary N) is 2. The zero-order valence-corrected chi connectivity index (χ0v) is 10.4. The molecule has 3 nitrogen and oxygen atoms in total. The molecular formula is C15H17N3. The van der Waals surface area contributed by atoms with Crippen molar-refractivity contribution in [3.63, 3.8) is 0 Å². The molecule has 0 radical (unpaired) electrons. The summed E-state index contributed by atoms with van der Waals surface area (Å²) < 4.78 is 0. The molecule has 18 heavy (non-hydrogen) atoms. The molecule has 1 unspecified atom stereocenters. The lowest BCUT2D eigenvalue weighted by molar-refractivity contribution is 0.560. The predicted molar refractivity (Wildman–Crippen MR) is 72.4 cm³/mol. The minimum atomic E-state index is 0.675. The van der Waals surface area contributed by atoms with E-state index in [2.05, 4.69) is 22.6 Å². The highest BCUT2D eigenvalue weighted by atomic mass is 14.9. The van der Waals surface area contributed by atoms with E-state index < -0.39 is 0 Å². The number of aromatic amines is 1. The van der Waals surface area contributed by atoms with Gasteiger partial charge in [0.15, 0.2) is 0 Å². The SMILES string of the molecule is N#Cc1ccc2[nH]cc(CCC3CCCN3)c2c1. The summed E-state index contributed by atoms with van der Waals surface area (Å²) in [5, 5.41) is 13.7. The van der Waals surface area contributed by atoms with Crippen LogP contribution in [0.4, 0.5) is 0 Å². The Hall–Kier alpha value is -1.79. The number of H-pyrrole nitrogens is 1. The van der Waals surface area contributed by atoms with E-state index in [1.54, 1.807) is 0 Å². The van der Waals surface area contributed by atoms with Crippen LogP contribution in [0.1, 0.15) is 30.4 Å². The highest BCUT2D eigenvalue weighted by Gasteiger charge is 2.14. The van der Waals surface area contributed by atoms with E-state index in [-0.39, 0.29) is 0 Å². The van der Waals surface area contributed by atoms with Crippen LogP contribution in [-0.2, 0) is 6.42 Å². The maximum absolute atomic E-state index is 8.96. The first-order valence-corrected chi connectivity index (χ1v) is 6.60. The Morgan fingerprint density at radius 1 is 1.39 bits per heavy atom. The molecule has 1 fully saturated rings. The Bertz CT molecular complexity index is 585. The van der Waals surface area contributed by atoms with Gasteiger partial charge in [-0.05, 0) is 56.0 Å². The summed E-state index contributed by atoms with van der Waals surface area (Å²) in [6.45, 7) is 1.16. The van der Waals surface area contributed by atoms with E-state index in [4.69, 9.17) is 5.26 Å². The van der Waals surface area contributed by atoms with E-state index in [1.165, 1.54) is 30.2 Å². The molecular weight excluding hydrogens is 222 g/mol. The molecule has 3 heteroatoms. The summed E-state index contributed by atoms with van der Waals surface area (Å²) in [5.74, 6) is 0. The Kier molecular flexibility index (Phi) is 3.04. The van der Waals surface area contributed by atoms with Crippen LogP contribution in [0.3, 0.4) is 0 Å². The third-order valence-electron chi connectivity index (χ3n) is 3.82. The van der Waals surface area contributed by atoms with Crippen LogP contribution in [-0.4, -0.2) is 17.6 Å². The quantitative estimate of drug-likeness (QED) is 0.865. The van der Waals surface area contributed by atoms with Gasteiger partial charge in [-0.1, -0.05) is 0 Å². The van der Waals surface area contributed by atoms with Gasteiger partial charge in [-0.3, -0.25) is 0 Å². The molecule has 2 aromatic rings. The third kappa shape index (κ3) is 2.12. The molecule has 2 heterocycles. The van der Waals surface area contributed by atoms with Gasteiger partial charge in [-0.25, -0.2) is 0 Å². The van der Waals surface area contributed by atoms with Crippen LogP contribution < -0.4 is 5.32 Å². The van der Waals surface area contributed by atoms with Crippen molar-refractivity contribution in [3.05, 3.63) is 35.5 Å². The first-order valence-electron chi connectivity index (χ1n) is 6.60. The summed E-state index contributed by atoms with van der Waals surface area (Å²) in [6, 6.07) is 8.73. The van der Waals surface area contributed by atoms with Crippen molar-refractivity contribution in [3.8, 4) is 6.07 Å². The number of nitrogens with zero attached hydrogens (tertiary/aromatic N) is 1. The average molecular weight is 239 g/mol. The van der Waals surface area contributed by atoms with Crippen molar-refractivity contribution >= 4 is 10.9 Å². The normalized spacial score (nSPS) is 19.2. The highest BCUT2D eigenvalue weighted by molar-refractivity contribution is 5.84. The zero-order valence-electron chi connectivity index (χ0n) is 10.4. The number of hydrogen-bond donors (Lipinski definition) is 2. The Labute approximate surface area is 107 Å². The van der Waals surface area contributed by atoms with Crippen molar-refractivity contribution in [2.45, 2.75) is 31.7 Å². The summed E-state index contributed by atoms with van der Waals surface area (Å²) in [5.41, 5.74) is 3.20. The Morgan fingerprint density at radius 2 is 2.33 bits per heavy atom. The number of nitriles is 1. The minimum Gasteiger partial charge on any atom is -0.361 e. The number of fused-ring (bicyclic) bond motifs is 1. The molecule has 0 amide bonds. The van der Waals surface area contributed by atoms with Crippen LogP contribution in [0.5, 0.6) is 0 Å². The van der Waals surface area contributed by atoms with Crippen LogP contribution in [0.15, 0.2) is 24.4 Å².